The van der Waals surface area contributed by atoms with Gasteiger partial charge in [0.15, 0.2) is 10.9 Å². The number of methoxy groups -OCH3 is 1. The fraction of sp³-hybridized carbons (Fsp3) is 0.0556. The van der Waals surface area contributed by atoms with Crippen molar-refractivity contribution < 1.29 is 18.7 Å². The van der Waals surface area contributed by atoms with Gasteiger partial charge in [-0.3, -0.25) is 19.8 Å². The predicted molar refractivity (Wildman–Crippen MR) is 106 cm³/mol. The average molecular weight is 425 g/mol. The first-order chi connectivity index (χ1) is 12.8. The number of nitrogens with one attached hydrogen (secondary N) is 1. The Balaban J connectivity index is 2.03. The van der Waals surface area contributed by atoms with E-state index in [1.54, 1.807) is 0 Å². The topological polar surface area (TPSA) is 58.6 Å². The molecule has 0 aliphatic carbocycles. The zero-order valence-electron chi connectivity index (χ0n) is 13.8. The summed E-state index contributed by atoms with van der Waals surface area (Å²) in [7, 11) is 1.42. The van der Waals surface area contributed by atoms with Crippen LogP contribution >= 0.6 is 35.4 Å². The van der Waals surface area contributed by atoms with Crippen molar-refractivity contribution in [3.63, 3.8) is 0 Å². The molecule has 0 aromatic heterocycles. The molecule has 2 amide bonds. The van der Waals surface area contributed by atoms with E-state index in [-0.39, 0.29) is 26.5 Å². The largest absolute Gasteiger partial charge is 0.494 e. The molecule has 0 unspecified atom stereocenters. The summed E-state index contributed by atoms with van der Waals surface area (Å²) in [4.78, 5) is 26.2. The summed E-state index contributed by atoms with van der Waals surface area (Å²) < 4.78 is 18.2. The normalized spacial score (nSPS) is 15.9. The number of carbonyl (C=O) groups excluding carboxylic acids is 2. The fourth-order valence-corrected chi connectivity index (χ4v) is 3.45. The van der Waals surface area contributed by atoms with Crippen LogP contribution in [0, 0.1) is 5.82 Å². The van der Waals surface area contributed by atoms with Gasteiger partial charge in [0.2, 0.25) is 0 Å². The number of hydrogen-bond acceptors (Lipinski definition) is 4. The zero-order chi connectivity index (χ0) is 19.7. The van der Waals surface area contributed by atoms with Gasteiger partial charge in [0.1, 0.15) is 11.4 Å². The number of rotatable bonds is 3. The molecule has 27 heavy (non-hydrogen) atoms. The maximum Gasteiger partial charge on any atom is 0.270 e. The molecule has 5 nitrogen and oxygen atoms in total. The molecular formula is C18H11Cl2FN2O3S. The molecule has 0 spiro atoms. The highest BCUT2D eigenvalue weighted by molar-refractivity contribution is 7.80. The second kappa shape index (κ2) is 7.64. The summed E-state index contributed by atoms with van der Waals surface area (Å²) >= 11 is 17.3. The number of halogens is 3. The lowest BCUT2D eigenvalue weighted by molar-refractivity contribution is -0.122. The summed E-state index contributed by atoms with van der Waals surface area (Å²) in [5, 5.41) is 2.80. The molecule has 0 atom stereocenters. The maximum atomic E-state index is 13.2. The third-order valence-electron chi connectivity index (χ3n) is 3.72. The van der Waals surface area contributed by atoms with Crippen LogP contribution in [-0.2, 0) is 9.59 Å². The van der Waals surface area contributed by atoms with Crippen molar-refractivity contribution in [1.82, 2.24) is 5.32 Å². The molecule has 2 aromatic rings. The molecule has 1 N–H and O–H groups in total. The first kappa shape index (κ1) is 19.3. The highest BCUT2D eigenvalue weighted by atomic mass is 35.5. The number of ether oxygens (including phenoxy) is 1. The molecule has 1 aliphatic rings. The van der Waals surface area contributed by atoms with Crippen LogP contribution < -0.4 is 15.0 Å². The molecule has 0 saturated carbocycles. The third kappa shape index (κ3) is 3.80. The van der Waals surface area contributed by atoms with Gasteiger partial charge >= 0.3 is 0 Å². The Morgan fingerprint density at radius 3 is 2.30 bits per heavy atom. The lowest BCUT2D eigenvalue weighted by Gasteiger charge is -2.28. The van der Waals surface area contributed by atoms with E-state index in [1.807, 2.05) is 0 Å². The molecule has 1 aliphatic heterocycles. The Hall–Kier alpha value is -2.48. The smallest absolute Gasteiger partial charge is 0.270 e. The molecule has 1 heterocycles. The van der Waals surface area contributed by atoms with Crippen molar-refractivity contribution in [1.29, 1.82) is 0 Å². The van der Waals surface area contributed by atoms with Crippen LogP contribution in [0.5, 0.6) is 5.75 Å². The predicted octanol–water partition coefficient (Wildman–Crippen LogP) is 3.97. The fourth-order valence-electron chi connectivity index (χ4n) is 2.51. The summed E-state index contributed by atoms with van der Waals surface area (Å²) in [6.45, 7) is 0. The molecule has 1 fully saturated rings. The van der Waals surface area contributed by atoms with E-state index in [1.165, 1.54) is 49.6 Å². The lowest BCUT2D eigenvalue weighted by Crippen LogP contribution is -2.54. The molecule has 9 heteroatoms. The molecule has 138 valence electrons. The number of anilines is 1. The second-order valence-corrected chi connectivity index (χ2v) is 6.65. The van der Waals surface area contributed by atoms with Gasteiger partial charge < -0.3 is 4.74 Å². The molecule has 3 rings (SSSR count). The quantitative estimate of drug-likeness (QED) is 0.460. The van der Waals surface area contributed by atoms with Crippen LogP contribution in [0.15, 0.2) is 42.0 Å². The number of benzene rings is 2. The number of amides is 2. The van der Waals surface area contributed by atoms with Gasteiger partial charge in [-0.1, -0.05) is 23.2 Å². The Morgan fingerprint density at radius 2 is 1.74 bits per heavy atom. The molecular weight excluding hydrogens is 414 g/mol. The van der Waals surface area contributed by atoms with Gasteiger partial charge in [-0.05, 0) is 60.3 Å². The Kier molecular flexibility index (Phi) is 5.46. The number of thiocarbonyl (C=S) groups is 1. The summed E-state index contributed by atoms with van der Waals surface area (Å²) in [6, 6.07) is 8.16. The number of carbonyl (C=O) groups is 2. The summed E-state index contributed by atoms with van der Waals surface area (Å²) in [5.74, 6) is -1.49. The minimum Gasteiger partial charge on any atom is -0.494 e. The minimum atomic E-state index is -0.661. The van der Waals surface area contributed by atoms with Crippen molar-refractivity contribution in [2.75, 3.05) is 12.0 Å². The highest BCUT2D eigenvalue weighted by Gasteiger charge is 2.34. The molecule has 0 radical (unpaired) electrons. The van der Waals surface area contributed by atoms with Crippen molar-refractivity contribution in [3.8, 4) is 5.75 Å². The van der Waals surface area contributed by atoms with Crippen LogP contribution in [0.3, 0.4) is 0 Å². The second-order valence-electron chi connectivity index (χ2n) is 5.45. The first-order valence-electron chi connectivity index (χ1n) is 7.52. The van der Waals surface area contributed by atoms with Gasteiger partial charge in [0, 0.05) is 0 Å². The first-order valence-corrected chi connectivity index (χ1v) is 8.68. The van der Waals surface area contributed by atoms with E-state index in [4.69, 9.17) is 40.2 Å². The van der Waals surface area contributed by atoms with Gasteiger partial charge in [0.05, 0.1) is 22.8 Å². The maximum absolute atomic E-state index is 13.2. The highest BCUT2D eigenvalue weighted by Crippen LogP contribution is 2.34. The van der Waals surface area contributed by atoms with E-state index in [0.29, 0.717) is 11.3 Å². The van der Waals surface area contributed by atoms with Crippen LogP contribution in [-0.4, -0.2) is 24.0 Å². The Bertz CT molecular complexity index is 970. The van der Waals surface area contributed by atoms with E-state index in [9.17, 15) is 14.0 Å². The van der Waals surface area contributed by atoms with E-state index in [2.05, 4.69) is 5.32 Å². The molecule has 1 saturated heterocycles. The monoisotopic (exact) mass is 424 g/mol. The standard InChI is InChI=1S/C18H11Cl2FN2O3S/c1-26-15-13(19)7-9(8-14(15)20)6-12-16(24)22-18(27)23(17(12)25)11-4-2-10(21)3-5-11/h2-8H,1H3,(H,22,24,27)/b12-6+. The van der Waals surface area contributed by atoms with Crippen LogP contribution in [0.2, 0.25) is 10.0 Å². The van der Waals surface area contributed by atoms with E-state index in [0.717, 1.165) is 4.90 Å². The van der Waals surface area contributed by atoms with Gasteiger partial charge in [-0.25, -0.2) is 4.39 Å². The third-order valence-corrected chi connectivity index (χ3v) is 4.57. The summed E-state index contributed by atoms with van der Waals surface area (Å²) in [6.07, 6.45) is 1.34. The Morgan fingerprint density at radius 1 is 1.15 bits per heavy atom. The lowest BCUT2D eigenvalue weighted by atomic mass is 10.1. The zero-order valence-corrected chi connectivity index (χ0v) is 16.1. The Labute approximate surface area is 169 Å². The summed E-state index contributed by atoms with van der Waals surface area (Å²) in [5.41, 5.74) is 0.574. The molecule has 0 bridgehead atoms. The van der Waals surface area contributed by atoms with E-state index >= 15 is 0 Å². The van der Waals surface area contributed by atoms with Crippen molar-refractivity contribution >= 4 is 64.1 Å². The van der Waals surface area contributed by atoms with E-state index < -0.39 is 17.6 Å². The molecule has 2 aromatic carbocycles. The number of hydrogen-bond donors (Lipinski definition) is 1. The van der Waals surface area contributed by atoms with Gasteiger partial charge in [-0.2, -0.15) is 0 Å². The van der Waals surface area contributed by atoms with Crippen molar-refractivity contribution in [3.05, 3.63) is 63.4 Å². The van der Waals surface area contributed by atoms with Crippen LogP contribution in [0.25, 0.3) is 6.08 Å². The average Bonchev–Trinajstić information content (AvgIpc) is 2.60. The number of nitrogens with zero attached hydrogens (tertiary/aromatic N) is 1. The SMILES string of the molecule is COc1c(Cl)cc(/C=C2\C(=O)NC(=S)N(c3ccc(F)cc3)C2=O)cc1Cl. The van der Waals surface area contributed by atoms with Crippen LogP contribution in [0.1, 0.15) is 5.56 Å². The van der Waals surface area contributed by atoms with Gasteiger partial charge in [-0.15, -0.1) is 0 Å². The minimum absolute atomic E-state index is 0.0976. The van der Waals surface area contributed by atoms with Crippen LogP contribution in [0.4, 0.5) is 10.1 Å². The van der Waals surface area contributed by atoms with Crippen molar-refractivity contribution in [2.24, 2.45) is 0 Å². The van der Waals surface area contributed by atoms with Crippen molar-refractivity contribution in [2.45, 2.75) is 0 Å². The van der Waals surface area contributed by atoms with Gasteiger partial charge in [0.25, 0.3) is 11.8 Å².